The van der Waals surface area contributed by atoms with Crippen molar-refractivity contribution >= 4 is 17.5 Å². The molecule has 2 heterocycles. The average Bonchev–Trinajstić information content (AvgIpc) is 2.66. The minimum atomic E-state index is -0.298. The summed E-state index contributed by atoms with van der Waals surface area (Å²) in [6.45, 7) is 7.74. The first kappa shape index (κ1) is 20.6. The van der Waals surface area contributed by atoms with Crippen molar-refractivity contribution in [1.29, 1.82) is 0 Å². The SMILES string of the molecule is Cc1nc(C(=O)N(C)C)ccc1C(=O)NCCN1CC(C)(C)Oc2ccccc21. The fourth-order valence-electron chi connectivity index (χ4n) is 3.43. The largest absolute Gasteiger partial charge is 0.484 e. The van der Waals surface area contributed by atoms with Crippen LogP contribution >= 0.6 is 0 Å². The van der Waals surface area contributed by atoms with Gasteiger partial charge in [-0.25, -0.2) is 4.98 Å². The number of carbonyl (C=O) groups excluding carboxylic acids is 2. The van der Waals surface area contributed by atoms with Gasteiger partial charge in [0.2, 0.25) is 0 Å². The second-order valence-corrected chi connectivity index (χ2v) is 8.04. The molecule has 0 bridgehead atoms. The molecular weight excluding hydrogens is 368 g/mol. The summed E-state index contributed by atoms with van der Waals surface area (Å²) in [6, 6.07) is 11.2. The van der Waals surface area contributed by atoms with Crippen LogP contribution in [-0.4, -0.2) is 61.0 Å². The van der Waals surface area contributed by atoms with Gasteiger partial charge < -0.3 is 19.9 Å². The molecule has 154 valence electrons. The van der Waals surface area contributed by atoms with Gasteiger partial charge in [-0.1, -0.05) is 12.1 Å². The van der Waals surface area contributed by atoms with E-state index in [-0.39, 0.29) is 17.4 Å². The van der Waals surface area contributed by atoms with Gasteiger partial charge in [-0.2, -0.15) is 0 Å². The van der Waals surface area contributed by atoms with Crippen molar-refractivity contribution in [2.75, 3.05) is 38.6 Å². The van der Waals surface area contributed by atoms with Gasteiger partial charge in [-0.15, -0.1) is 0 Å². The molecule has 0 spiro atoms. The van der Waals surface area contributed by atoms with Gasteiger partial charge in [0.15, 0.2) is 0 Å². The molecule has 0 radical (unpaired) electrons. The van der Waals surface area contributed by atoms with Crippen molar-refractivity contribution in [2.45, 2.75) is 26.4 Å². The standard InChI is InChI=1S/C22H28N4O3/c1-15-16(10-11-17(24-15)21(28)25(4)5)20(27)23-12-13-26-14-22(2,3)29-19-9-7-6-8-18(19)26/h6-11H,12-14H2,1-5H3,(H,23,27). The molecule has 1 aromatic carbocycles. The number of aromatic nitrogens is 1. The quantitative estimate of drug-likeness (QED) is 0.841. The summed E-state index contributed by atoms with van der Waals surface area (Å²) in [6.07, 6.45) is 0. The zero-order valence-electron chi connectivity index (χ0n) is 17.7. The molecule has 1 aliphatic rings. The first-order valence-corrected chi connectivity index (χ1v) is 9.68. The van der Waals surface area contributed by atoms with Crippen LogP contribution in [0.1, 0.15) is 40.4 Å². The second-order valence-electron chi connectivity index (χ2n) is 8.04. The van der Waals surface area contributed by atoms with Crippen LogP contribution in [0.3, 0.4) is 0 Å². The maximum atomic E-state index is 12.6. The number of hydrogen-bond donors (Lipinski definition) is 1. The number of carbonyl (C=O) groups is 2. The summed E-state index contributed by atoms with van der Waals surface area (Å²) < 4.78 is 6.04. The average molecular weight is 396 g/mol. The molecule has 1 aliphatic heterocycles. The van der Waals surface area contributed by atoms with Crippen molar-refractivity contribution in [1.82, 2.24) is 15.2 Å². The van der Waals surface area contributed by atoms with E-state index in [1.54, 1.807) is 33.2 Å². The third-order valence-corrected chi connectivity index (χ3v) is 4.79. The highest BCUT2D eigenvalue weighted by Gasteiger charge is 2.31. The predicted molar refractivity (Wildman–Crippen MR) is 113 cm³/mol. The van der Waals surface area contributed by atoms with Gasteiger partial charge in [0.1, 0.15) is 17.0 Å². The summed E-state index contributed by atoms with van der Waals surface area (Å²) in [5.74, 6) is 0.476. The van der Waals surface area contributed by atoms with E-state index < -0.39 is 0 Å². The second kappa shape index (κ2) is 8.11. The molecular formula is C22H28N4O3. The van der Waals surface area contributed by atoms with Gasteiger partial charge in [-0.05, 0) is 45.0 Å². The van der Waals surface area contributed by atoms with E-state index in [0.29, 0.717) is 30.0 Å². The Morgan fingerprint density at radius 2 is 1.93 bits per heavy atom. The van der Waals surface area contributed by atoms with Crippen molar-refractivity contribution < 1.29 is 14.3 Å². The Morgan fingerprint density at radius 1 is 1.21 bits per heavy atom. The summed E-state index contributed by atoms with van der Waals surface area (Å²) in [5, 5.41) is 2.96. The van der Waals surface area contributed by atoms with E-state index in [1.807, 2.05) is 24.3 Å². The number of fused-ring (bicyclic) bond motifs is 1. The first-order chi connectivity index (χ1) is 13.7. The summed E-state index contributed by atoms with van der Waals surface area (Å²) in [5.41, 5.74) is 2.07. The Bertz CT molecular complexity index is 924. The van der Waals surface area contributed by atoms with E-state index in [2.05, 4.69) is 29.0 Å². The van der Waals surface area contributed by atoms with Crippen LogP contribution in [0.2, 0.25) is 0 Å². The van der Waals surface area contributed by atoms with E-state index in [0.717, 1.165) is 18.0 Å². The molecule has 7 heteroatoms. The molecule has 0 aliphatic carbocycles. The number of amides is 2. The number of hydrogen-bond acceptors (Lipinski definition) is 5. The number of nitrogens with zero attached hydrogens (tertiary/aromatic N) is 3. The molecule has 2 aromatic rings. The lowest BCUT2D eigenvalue weighted by Crippen LogP contribution is -2.49. The highest BCUT2D eigenvalue weighted by atomic mass is 16.5. The minimum Gasteiger partial charge on any atom is -0.484 e. The van der Waals surface area contributed by atoms with E-state index in [1.165, 1.54) is 4.90 Å². The Hall–Kier alpha value is -3.09. The molecule has 0 saturated heterocycles. The number of rotatable bonds is 5. The van der Waals surface area contributed by atoms with Crippen LogP contribution < -0.4 is 15.0 Å². The number of anilines is 1. The fraction of sp³-hybridized carbons (Fsp3) is 0.409. The lowest BCUT2D eigenvalue weighted by atomic mass is 10.1. The zero-order chi connectivity index (χ0) is 21.2. The topological polar surface area (TPSA) is 74.8 Å². The molecule has 29 heavy (non-hydrogen) atoms. The summed E-state index contributed by atoms with van der Waals surface area (Å²) >= 11 is 0. The van der Waals surface area contributed by atoms with Gasteiger partial charge in [0.05, 0.1) is 23.5 Å². The summed E-state index contributed by atoms with van der Waals surface area (Å²) in [7, 11) is 3.34. The van der Waals surface area contributed by atoms with Crippen LogP contribution in [0, 0.1) is 6.92 Å². The fourth-order valence-corrected chi connectivity index (χ4v) is 3.43. The Morgan fingerprint density at radius 3 is 2.62 bits per heavy atom. The zero-order valence-corrected chi connectivity index (χ0v) is 17.7. The predicted octanol–water partition coefficient (Wildman–Crippen LogP) is 2.50. The number of aryl methyl sites for hydroxylation is 1. The number of pyridine rings is 1. The van der Waals surface area contributed by atoms with E-state index in [9.17, 15) is 9.59 Å². The Kier molecular flexibility index (Phi) is 5.77. The van der Waals surface area contributed by atoms with Crippen molar-refractivity contribution in [3.05, 3.63) is 53.3 Å². The van der Waals surface area contributed by atoms with Crippen LogP contribution in [0.25, 0.3) is 0 Å². The molecule has 0 unspecified atom stereocenters. The highest BCUT2D eigenvalue weighted by molar-refractivity contribution is 5.97. The smallest absolute Gasteiger partial charge is 0.271 e. The van der Waals surface area contributed by atoms with Crippen molar-refractivity contribution in [2.24, 2.45) is 0 Å². The highest BCUT2D eigenvalue weighted by Crippen LogP contribution is 2.36. The van der Waals surface area contributed by atoms with Crippen LogP contribution in [0.4, 0.5) is 5.69 Å². The van der Waals surface area contributed by atoms with E-state index in [4.69, 9.17) is 4.74 Å². The molecule has 0 saturated carbocycles. The van der Waals surface area contributed by atoms with E-state index >= 15 is 0 Å². The molecule has 0 fully saturated rings. The number of para-hydroxylation sites is 2. The normalized spacial score (nSPS) is 14.6. The Balaban J connectivity index is 1.64. The molecule has 3 rings (SSSR count). The maximum Gasteiger partial charge on any atom is 0.271 e. The van der Waals surface area contributed by atoms with Gasteiger partial charge in [0, 0.05) is 27.2 Å². The molecule has 1 aromatic heterocycles. The monoisotopic (exact) mass is 396 g/mol. The maximum absolute atomic E-state index is 12.6. The Labute approximate surface area is 171 Å². The van der Waals surface area contributed by atoms with Crippen LogP contribution in [0.5, 0.6) is 5.75 Å². The van der Waals surface area contributed by atoms with Crippen LogP contribution in [0.15, 0.2) is 36.4 Å². The van der Waals surface area contributed by atoms with Crippen LogP contribution in [-0.2, 0) is 0 Å². The van der Waals surface area contributed by atoms with Crippen molar-refractivity contribution in [3.8, 4) is 5.75 Å². The lowest BCUT2D eigenvalue weighted by molar-refractivity contribution is 0.0820. The third kappa shape index (κ3) is 4.67. The molecule has 2 amide bonds. The van der Waals surface area contributed by atoms with Gasteiger partial charge >= 0.3 is 0 Å². The minimum absolute atomic E-state index is 0.186. The van der Waals surface area contributed by atoms with Gasteiger partial charge in [-0.3, -0.25) is 9.59 Å². The lowest BCUT2D eigenvalue weighted by Gasteiger charge is -2.41. The van der Waals surface area contributed by atoms with Crippen molar-refractivity contribution in [3.63, 3.8) is 0 Å². The number of nitrogens with one attached hydrogen (secondary N) is 1. The third-order valence-electron chi connectivity index (χ3n) is 4.79. The first-order valence-electron chi connectivity index (χ1n) is 9.68. The number of ether oxygens (including phenoxy) is 1. The molecule has 0 atom stereocenters. The summed E-state index contributed by atoms with van der Waals surface area (Å²) in [4.78, 5) is 32.6. The number of benzene rings is 1. The molecule has 7 nitrogen and oxygen atoms in total. The van der Waals surface area contributed by atoms with Gasteiger partial charge in [0.25, 0.3) is 11.8 Å². The molecule has 1 N–H and O–H groups in total.